The van der Waals surface area contributed by atoms with E-state index in [-0.39, 0.29) is 5.95 Å². The van der Waals surface area contributed by atoms with Crippen LogP contribution in [0, 0.1) is 13.8 Å². The molecule has 0 atom stereocenters. The van der Waals surface area contributed by atoms with Gasteiger partial charge in [0.15, 0.2) is 0 Å². The first kappa shape index (κ1) is 12.3. The van der Waals surface area contributed by atoms with Gasteiger partial charge in [0.1, 0.15) is 5.15 Å². The summed E-state index contributed by atoms with van der Waals surface area (Å²) in [5, 5.41) is 0.329. The average Bonchev–Trinajstić information content (AvgIpc) is 2.24. The summed E-state index contributed by atoms with van der Waals surface area (Å²) in [6, 6.07) is 6.07. The van der Waals surface area contributed by atoms with Crippen LogP contribution in [0.2, 0.25) is 5.15 Å². The second-order valence-electron chi connectivity index (χ2n) is 3.80. The molecule has 5 heteroatoms. The lowest BCUT2D eigenvalue weighted by Crippen LogP contribution is -2.00. The molecule has 0 aliphatic carbocycles. The smallest absolute Gasteiger partial charge is 0.222 e. The van der Waals surface area contributed by atoms with Gasteiger partial charge >= 0.3 is 0 Å². The van der Waals surface area contributed by atoms with Gasteiger partial charge in [0.25, 0.3) is 0 Å². The fraction of sp³-hybridized carbons (Fsp3) is 0.167. The van der Waals surface area contributed by atoms with Crippen molar-refractivity contribution in [3.05, 3.63) is 39.0 Å². The lowest BCUT2D eigenvalue weighted by molar-refractivity contribution is 1.16. The largest absolute Gasteiger partial charge is 0.368 e. The Hall–Kier alpha value is -1.13. The summed E-state index contributed by atoms with van der Waals surface area (Å²) in [5.74, 6) is 0.177. The van der Waals surface area contributed by atoms with Crippen molar-refractivity contribution in [1.29, 1.82) is 0 Å². The van der Waals surface area contributed by atoms with Gasteiger partial charge in [0, 0.05) is 5.56 Å². The number of hydrogen-bond donors (Lipinski definition) is 1. The van der Waals surface area contributed by atoms with Crippen LogP contribution in [0.5, 0.6) is 0 Å². The Balaban J connectivity index is 2.77. The molecule has 0 saturated heterocycles. The van der Waals surface area contributed by atoms with Gasteiger partial charge in [-0.05, 0) is 40.9 Å². The maximum atomic E-state index is 6.00. The van der Waals surface area contributed by atoms with E-state index in [0.29, 0.717) is 9.63 Å². The predicted molar refractivity (Wildman–Crippen MR) is 74.1 cm³/mol. The zero-order valence-corrected chi connectivity index (χ0v) is 11.8. The molecule has 0 fully saturated rings. The maximum absolute atomic E-state index is 6.00. The summed E-state index contributed by atoms with van der Waals surface area (Å²) in [6.45, 7) is 4.06. The topological polar surface area (TPSA) is 51.8 Å². The van der Waals surface area contributed by atoms with Gasteiger partial charge in [0.05, 0.1) is 10.2 Å². The Labute approximate surface area is 113 Å². The number of nitrogens with two attached hydrogens (primary N) is 1. The molecule has 0 bridgehead atoms. The van der Waals surface area contributed by atoms with Crippen molar-refractivity contribution in [1.82, 2.24) is 9.97 Å². The van der Waals surface area contributed by atoms with Crippen molar-refractivity contribution in [2.75, 3.05) is 5.73 Å². The van der Waals surface area contributed by atoms with Crippen LogP contribution in [-0.4, -0.2) is 9.97 Å². The molecule has 0 spiro atoms. The lowest BCUT2D eigenvalue weighted by atomic mass is 10.00. The molecule has 0 amide bonds. The van der Waals surface area contributed by atoms with Crippen molar-refractivity contribution >= 4 is 33.5 Å². The SMILES string of the molecule is Cc1cccc(C)c1-c1nc(N)nc(Cl)c1Br. The fourth-order valence-electron chi connectivity index (χ4n) is 1.79. The van der Waals surface area contributed by atoms with Crippen LogP contribution < -0.4 is 5.73 Å². The minimum Gasteiger partial charge on any atom is -0.368 e. The molecule has 0 aliphatic heterocycles. The first-order valence-electron chi connectivity index (χ1n) is 5.06. The summed E-state index contributed by atoms with van der Waals surface area (Å²) in [7, 11) is 0. The number of nitrogen functional groups attached to an aromatic ring is 1. The number of aromatic nitrogens is 2. The Morgan fingerprint density at radius 3 is 2.35 bits per heavy atom. The number of halogens is 2. The molecular weight excluding hydrogens is 302 g/mol. The van der Waals surface area contributed by atoms with Crippen LogP contribution in [0.1, 0.15) is 11.1 Å². The van der Waals surface area contributed by atoms with E-state index in [1.54, 1.807) is 0 Å². The third-order valence-corrected chi connectivity index (χ3v) is 3.80. The fourth-order valence-corrected chi connectivity index (χ4v) is 2.34. The minimum absolute atomic E-state index is 0.177. The molecule has 88 valence electrons. The Morgan fingerprint density at radius 1 is 1.18 bits per heavy atom. The summed E-state index contributed by atoms with van der Waals surface area (Å²) in [6.07, 6.45) is 0. The van der Waals surface area contributed by atoms with Gasteiger partial charge in [-0.15, -0.1) is 0 Å². The van der Waals surface area contributed by atoms with E-state index in [1.165, 1.54) is 0 Å². The zero-order chi connectivity index (χ0) is 12.6. The van der Waals surface area contributed by atoms with Crippen LogP contribution in [0.15, 0.2) is 22.7 Å². The number of aryl methyl sites for hydroxylation is 2. The van der Waals surface area contributed by atoms with Gasteiger partial charge in [-0.25, -0.2) is 9.97 Å². The van der Waals surface area contributed by atoms with Crippen molar-refractivity contribution in [3.8, 4) is 11.3 Å². The van der Waals surface area contributed by atoms with E-state index in [4.69, 9.17) is 17.3 Å². The standard InChI is InChI=1S/C12H11BrClN3/c1-6-4-3-5-7(2)8(6)10-9(13)11(14)17-12(15)16-10/h3-5H,1-2H3,(H2,15,16,17). The van der Waals surface area contributed by atoms with Crippen molar-refractivity contribution in [2.24, 2.45) is 0 Å². The molecule has 1 aromatic carbocycles. The molecule has 1 aromatic heterocycles. The summed E-state index contributed by atoms with van der Waals surface area (Å²) < 4.78 is 0.672. The molecule has 0 aliphatic rings. The molecule has 2 N–H and O–H groups in total. The van der Waals surface area contributed by atoms with E-state index in [9.17, 15) is 0 Å². The number of nitrogens with zero attached hydrogens (tertiary/aromatic N) is 2. The molecule has 3 nitrogen and oxygen atoms in total. The number of rotatable bonds is 1. The van der Waals surface area contributed by atoms with E-state index in [1.807, 2.05) is 32.0 Å². The van der Waals surface area contributed by atoms with Crippen LogP contribution in [-0.2, 0) is 0 Å². The number of hydrogen-bond acceptors (Lipinski definition) is 3. The molecule has 0 radical (unpaired) electrons. The van der Waals surface area contributed by atoms with Gasteiger partial charge in [0.2, 0.25) is 5.95 Å². The zero-order valence-electron chi connectivity index (χ0n) is 9.46. The number of anilines is 1. The van der Waals surface area contributed by atoms with Crippen LogP contribution >= 0.6 is 27.5 Å². The molecule has 2 aromatic rings. The first-order chi connectivity index (χ1) is 8.00. The molecule has 0 saturated carbocycles. The Kier molecular flexibility index (Phi) is 3.35. The monoisotopic (exact) mass is 311 g/mol. The lowest BCUT2D eigenvalue weighted by Gasteiger charge is -2.11. The van der Waals surface area contributed by atoms with Crippen LogP contribution in [0.25, 0.3) is 11.3 Å². The number of benzene rings is 1. The Bertz CT molecular complexity index is 564. The van der Waals surface area contributed by atoms with E-state index in [2.05, 4.69) is 25.9 Å². The summed E-state index contributed by atoms with van der Waals surface area (Å²) in [5.41, 5.74) is 9.66. The van der Waals surface area contributed by atoms with Gasteiger partial charge in [-0.2, -0.15) is 0 Å². The van der Waals surface area contributed by atoms with Crippen LogP contribution in [0.3, 0.4) is 0 Å². The van der Waals surface area contributed by atoms with Gasteiger partial charge in [-0.1, -0.05) is 29.8 Å². The van der Waals surface area contributed by atoms with Crippen molar-refractivity contribution in [2.45, 2.75) is 13.8 Å². The van der Waals surface area contributed by atoms with Gasteiger partial charge < -0.3 is 5.73 Å². The molecule has 17 heavy (non-hydrogen) atoms. The van der Waals surface area contributed by atoms with Crippen molar-refractivity contribution < 1.29 is 0 Å². The third-order valence-electron chi connectivity index (χ3n) is 2.55. The first-order valence-corrected chi connectivity index (χ1v) is 6.23. The normalized spacial score (nSPS) is 10.6. The highest BCUT2D eigenvalue weighted by Gasteiger charge is 2.14. The highest BCUT2D eigenvalue weighted by Crippen LogP contribution is 2.35. The average molecular weight is 313 g/mol. The molecular formula is C12H11BrClN3. The quantitative estimate of drug-likeness (QED) is 0.816. The summed E-state index contributed by atoms with van der Waals surface area (Å²) in [4.78, 5) is 8.16. The van der Waals surface area contributed by atoms with Crippen molar-refractivity contribution in [3.63, 3.8) is 0 Å². The molecule has 2 rings (SSSR count). The molecule has 0 unspecified atom stereocenters. The van der Waals surface area contributed by atoms with Crippen LogP contribution in [0.4, 0.5) is 5.95 Å². The van der Waals surface area contributed by atoms with E-state index in [0.717, 1.165) is 22.4 Å². The Morgan fingerprint density at radius 2 is 1.76 bits per heavy atom. The highest BCUT2D eigenvalue weighted by atomic mass is 79.9. The second-order valence-corrected chi connectivity index (χ2v) is 4.95. The predicted octanol–water partition coefficient (Wildman–Crippen LogP) is 3.76. The van der Waals surface area contributed by atoms with E-state index >= 15 is 0 Å². The third kappa shape index (κ3) is 2.28. The molecule has 1 heterocycles. The maximum Gasteiger partial charge on any atom is 0.222 e. The van der Waals surface area contributed by atoms with Gasteiger partial charge in [-0.3, -0.25) is 0 Å². The highest BCUT2D eigenvalue weighted by molar-refractivity contribution is 9.10. The van der Waals surface area contributed by atoms with E-state index < -0.39 is 0 Å². The second kappa shape index (κ2) is 4.63. The minimum atomic E-state index is 0.177. The summed E-state index contributed by atoms with van der Waals surface area (Å²) >= 11 is 9.40.